The van der Waals surface area contributed by atoms with Crippen molar-refractivity contribution in [3.63, 3.8) is 0 Å². The van der Waals surface area contributed by atoms with E-state index in [0.717, 1.165) is 5.75 Å². The zero-order valence-corrected chi connectivity index (χ0v) is 9.25. The second-order valence-electron chi connectivity index (χ2n) is 3.26. The van der Waals surface area contributed by atoms with Gasteiger partial charge in [-0.1, -0.05) is 0 Å². The molecule has 1 aromatic carbocycles. The van der Waals surface area contributed by atoms with Gasteiger partial charge in [0.1, 0.15) is 5.75 Å². The highest BCUT2D eigenvalue weighted by molar-refractivity contribution is 6.01. The summed E-state index contributed by atoms with van der Waals surface area (Å²) in [5.74, 6) is 0.540. The van der Waals surface area contributed by atoms with Crippen molar-refractivity contribution < 1.29 is 9.53 Å². The van der Waals surface area contributed by atoms with E-state index in [1.54, 1.807) is 37.4 Å². The maximum absolute atomic E-state index is 11.7. The molecule has 17 heavy (non-hydrogen) atoms. The number of nitrogens with one attached hydrogen (secondary N) is 1. The van der Waals surface area contributed by atoms with Gasteiger partial charge in [0.2, 0.25) is 5.82 Å². The van der Waals surface area contributed by atoms with Gasteiger partial charge in [-0.05, 0) is 30.3 Å². The van der Waals surface area contributed by atoms with Gasteiger partial charge in [0.25, 0.3) is 5.91 Å². The van der Waals surface area contributed by atoms with Crippen LogP contribution in [-0.4, -0.2) is 23.0 Å². The number of benzene rings is 1. The van der Waals surface area contributed by atoms with Crippen LogP contribution in [0.4, 0.5) is 5.69 Å². The lowest BCUT2D eigenvalue weighted by molar-refractivity contribution is 0.101. The summed E-state index contributed by atoms with van der Waals surface area (Å²) in [6, 6.07) is 8.69. The Balaban J connectivity index is 2.08. The third-order valence-electron chi connectivity index (χ3n) is 2.12. The Kier molecular flexibility index (Phi) is 3.30. The number of anilines is 1. The minimum absolute atomic E-state index is 0.142. The predicted molar refractivity (Wildman–Crippen MR) is 63.0 cm³/mol. The first kappa shape index (κ1) is 11.1. The van der Waals surface area contributed by atoms with Gasteiger partial charge in [-0.2, -0.15) is 0 Å². The fourth-order valence-corrected chi connectivity index (χ4v) is 1.28. The highest BCUT2D eigenvalue weighted by Gasteiger charge is 2.07. The second-order valence-corrected chi connectivity index (χ2v) is 3.26. The van der Waals surface area contributed by atoms with Crippen LogP contribution in [0.5, 0.6) is 5.75 Å². The van der Waals surface area contributed by atoms with Crippen molar-refractivity contribution in [2.24, 2.45) is 0 Å². The molecule has 1 heterocycles. The summed E-state index contributed by atoms with van der Waals surface area (Å²) >= 11 is 0. The number of hydrogen-bond acceptors (Lipinski definition) is 4. The average Bonchev–Trinajstić information content (AvgIpc) is 2.40. The Hall–Kier alpha value is -2.43. The van der Waals surface area contributed by atoms with E-state index in [9.17, 15) is 4.79 Å². The number of carbonyl (C=O) groups excluding carboxylic acids is 1. The molecule has 5 heteroatoms. The van der Waals surface area contributed by atoms with Crippen LogP contribution in [0.3, 0.4) is 0 Å². The maximum Gasteiger partial charge on any atom is 0.293 e. The first-order valence-corrected chi connectivity index (χ1v) is 5.02. The van der Waals surface area contributed by atoms with Crippen molar-refractivity contribution in [3.05, 3.63) is 48.5 Å². The van der Waals surface area contributed by atoms with Crippen LogP contribution in [0.25, 0.3) is 0 Å². The van der Waals surface area contributed by atoms with Crippen LogP contribution in [-0.2, 0) is 0 Å². The van der Waals surface area contributed by atoms with E-state index in [-0.39, 0.29) is 11.7 Å². The maximum atomic E-state index is 11.7. The second kappa shape index (κ2) is 5.07. The summed E-state index contributed by atoms with van der Waals surface area (Å²) in [5.41, 5.74) is 0.670. The molecule has 2 rings (SSSR count). The molecule has 1 amide bonds. The minimum atomic E-state index is -0.337. The van der Waals surface area contributed by atoms with Crippen LogP contribution < -0.4 is 10.1 Å². The van der Waals surface area contributed by atoms with Gasteiger partial charge in [0.15, 0.2) is 0 Å². The molecule has 0 radical (unpaired) electrons. The van der Waals surface area contributed by atoms with Crippen LogP contribution >= 0.6 is 0 Å². The number of ether oxygens (including phenoxy) is 1. The molecule has 0 unspecified atom stereocenters. The third-order valence-corrected chi connectivity index (χ3v) is 2.12. The van der Waals surface area contributed by atoms with E-state index >= 15 is 0 Å². The fraction of sp³-hybridized carbons (Fsp3) is 0.0833. The van der Waals surface area contributed by atoms with Crippen molar-refractivity contribution >= 4 is 11.6 Å². The first-order valence-electron chi connectivity index (χ1n) is 5.02. The number of nitrogens with zero attached hydrogens (tertiary/aromatic N) is 2. The molecule has 0 spiro atoms. The van der Waals surface area contributed by atoms with Gasteiger partial charge in [-0.3, -0.25) is 4.79 Å². The van der Waals surface area contributed by atoms with Crippen LogP contribution in [0.1, 0.15) is 10.6 Å². The molecule has 5 nitrogen and oxygen atoms in total. The van der Waals surface area contributed by atoms with Crippen LogP contribution in [0.2, 0.25) is 0 Å². The average molecular weight is 229 g/mol. The topological polar surface area (TPSA) is 64.1 Å². The van der Waals surface area contributed by atoms with Crippen molar-refractivity contribution in [1.29, 1.82) is 0 Å². The summed E-state index contributed by atoms with van der Waals surface area (Å²) < 4.78 is 5.02. The summed E-state index contributed by atoms with van der Waals surface area (Å²) in [5, 5.41) is 2.69. The van der Waals surface area contributed by atoms with Gasteiger partial charge in [0.05, 0.1) is 7.11 Å². The Morgan fingerprint density at radius 2 is 1.82 bits per heavy atom. The Bertz CT molecular complexity index is 497. The molecule has 1 aromatic heterocycles. The normalized spacial score (nSPS) is 9.71. The lowest BCUT2D eigenvalue weighted by atomic mass is 10.3. The molecule has 2 aromatic rings. The number of amides is 1. The van der Waals surface area contributed by atoms with E-state index < -0.39 is 0 Å². The summed E-state index contributed by atoms with van der Waals surface area (Å²) in [4.78, 5) is 19.4. The Morgan fingerprint density at radius 3 is 2.41 bits per heavy atom. The Labute approximate surface area is 98.5 Å². The Morgan fingerprint density at radius 1 is 1.18 bits per heavy atom. The number of carbonyl (C=O) groups is 1. The van der Waals surface area contributed by atoms with Crippen LogP contribution in [0, 0.1) is 0 Å². The summed E-state index contributed by atoms with van der Waals surface area (Å²) in [6.07, 6.45) is 3.05. The smallest absolute Gasteiger partial charge is 0.293 e. The number of hydrogen-bond donors (Lipinski definition) is 1. The monoisotopic (exact) mass is 229 g/mol. The SMILES string of the molecule is COc1ccc(NC(=O)c2ncccn2)cc1. The standard InChI is InChI=1S/C12H11N3O2/c1-17-10-5-3-9(4-6-10)15-12(16)11-13-7-2-8-14-11/h2-8H,1H3,(H,15,16). The van der Waals surface area contributed by atoms with Crippen molar-refractivity contribution in [1.82, 2.24) is 9.97 Å². The van der Waals surface area contributed by atoms with E-state index in [1.807, 2.05) is 0 Å². The minimum Gasteiger partial charge on any atom is -0.497 e. The fourth-order valence-electron chi connectivity index (χ4n) is 1.28. The largest absolute Gasteiger partial charge is 0.497 e. The lowest BCUT2D eigenvalue weighted by Gasteiger charge is -2.04. The first-order chi connectivity index (χ1) is 8.29. The molecular weight excluding hydrogens is 218 g/mol. The molecular formula is C12H11N3O2. The molecule has 1 N–H and O–H groups in total. The number of methoxy groups -OCH3 is 1. The zero-order valence-electron chi connectivity index (χ0n) is 9.25. The molecule has 0 aliphatic rings. The van der Waals surface area contributed by atoms with Crippen molar-refractivity contribution in [2.45, 2.75) is 0 Å². The molecule has 0 atom stereocenters. The molecule has 86 valence electrons. The van der Waals surface area contributed by atoms with Gasteiger partial charge in [-0.15, -0.1) is 0 Å². The molecule has 0 aliphatic carbocycles. The van der Waals surface area contributed by atoms with E-state index in [1.165, 1.54) is 12.4 Å². The summed E-state index contributed by atoms with van der Waals surface area (Å²) in [6.45, 7) is 0. The third kappa shape index (κ3) is 2.78. The molecule has 0 fully saturated rings. The lowest BCUT2D eigenvalue weighted by Crippen LogP contribution is -2.15. The zero-order chi connectivity index (χ0) is 12.1. The van der Waals surface area contributed by atoms with Crippen molar-refractivity contribution in [3.8, 4) is 5.75 Å². The quantitative estimate of drug-likeness (QED) is 0.870. The van der Waals surface area contributed by atoms with E-state index in [2.05, 4.69) is 15.3 Å². The van der Waals surface area contributed by atoms with E-state index in [0.29, 0.717) is 5.69 Å². The van der Waals surface area contributed by atoms with Gasteiger partial charge < -0.3 is 10.1 Å². The van der Waals surface area contributed by atoms with Gasteiger partial charge in [0, 0.05) is 18.1 Å². The number of rotatable bonds is 3. The molecule has 0 aliphatic heterocycles. The van der Waals surface area contributed by atoms with Crippen molar-refractivity contribution in [2.75, 3.05) is 12.4 Å². The molecule has 0 saturated heterocycles. The number of aromatic nitrogens is 2. The summed E-state index contributed by atoms with van der Waals surface area (Å²) in [7, 11) is 1.59. The van der Waals surface area contributed by atoms with Gasteiger partial charge in [-0.25, -0.2) is 9.97 Å². The molecule has 0 saturated carbocycles. The highest BCUT2D eigenvalue weighted by Crippen LogP contribution is 2.15. The van der Waals surface area contributed by atoms with Gasteiger partial charge >= 0.3 is 0 Å². The van der Waals surface area contributed by atoms with E-state index in [4.69, 9.17) is 4.74 Å². The van der Waals surface area contributed by atoms with Crippen LogP contribution in [0.15, 0.2) is 42.7 Å². The molecule has 0 bridgehead atoms. The highest BCUT2D eigenvalue weighted by atomic mass is 16.5. The predicted octanol–water partition coefficient (Wildman–Crippen LogP) is 1.74.